The summed E-state index contributed by atoms with van der Waals surface area (Å²) in [5.74, 6) is 1.61. The predicted molar refractivity (Wildman–Crippen MR) is 80.8 cm³/mol. The second-order valence-corrected chi connectivity index (χ2v) is 5.87. The zero-order chi connectivity index (χ0) is 15.2. The normalized spacial score (nSPS) is 24.9. The molecule has 0 aliphatic heterocycles. The van der Waals surface area contributed by atoms with Crippen LogP contribution in [0.1, 0.15) is 38.7 Å². The van der Waals surface area contributed by atoms with E-state index in [0.717, 1.165) is 6.42 Å². The topological polar surface area (TPSA) is 62.1 Å². The third kappa shape index (κ3) is 4.22. The highest BCUT2D eigenvalue weighted by atomic mass is 16.5. The third-order valence-corrected chi connectivity index (χ3v) is 4.39. The van der Waals surface area contributed by atoms with Crippen molar-refractivity contribution in [3.05, 3.63) is 29.8 Å². The molecule has 0 aromatic heterocycles. The highest BCUT2D eigenvalue weighted by molar-refractivity contribution is 5.77. The van der Waals surface area contributed by atoms with Crippen molar-refractivity contribution >= 4 is 5.91 Å². The first kappa shape index (κ1) is 15.4. The summed E-state index contributed by atoms with van der Waals surface area (Å²) < 4.78 is 5.45. The Morgan fingerprint density at radius 1 is 1.43 bits per heavy atom. The van der Waals surface area contributed by atoms with Gasteiger partial charge in [-0.1, -0.05) is 32.8 Å². The first-order valence-corrected chi connectivity index (χ1v) is 7.52. The van der Waals surface area contributed by atoms with Crippen LogP contribution >= 0.6 is 0 Å². The molecular weight excluding hydrogens is 264 g/mol. The molecule has 4 heteroatoms. The summed E-state index contributed by atoms with van der Waals surface area (Å²) in [5.41, 5.74) is 0.530. The van der Waals surface area contributed by atoms with Crippen molar-refractivity contribution in [3.8, 4) is 11.8 Å². The zero-order valence-corrected chi connectivity index (χ0v) is 12.6. The Balaban J connectivity index is 1.83. The fraction of sp³-hybridized carbons (Fsp3) is 0.529. The molecule has 0 radical (unpaired) electrons. The van der Waals surface area contributed by atoms with Crippen LogP contribution in [0.2, 0.25) is 0 Å². The molecule has 1 aliphatic rings. The monoisotopic (exact) mass is 286 g/mol. The average molecular weight is 286 g/mol. The lowest BCUT2D eigenvalue weighted by Crippen LogP contribution is -2.45. The molecule has 1 N–H and O–H groups in total. The highest BCUT2D eigenvalue weighted by Crippen LogP contribution is 2.29. The van der Waals surface area contributed by atoms with E-state index in [-0.39, 0.29) is 18.6 Å². The number of hydrogen-bond donors (Lipinski definition) is 1. The Labute approximate surface area is 126 Å². The zero-order valence-electron chi connectivity index (χ0n) is 12.6. The summed E-state index contributed by atoms with van der Waals surface area (Å²) in [6.07, 6.45) is 3.45. The number of nitriles is 1. The molecule has 4 nitrogen and oxygen atoms in total. The molecule has 1 amide bonds. The largest absolute Gasteiger partial charge is 0.484 e. The molecule has 0 spiro atoms. The lowest BCUT2D eigenvalue weighted by atomic mass is 9.78. The van der Waals surface area contributed by atoms with Crippen LogP contribution in [-0.4, -0.2) is 18.6 Å². The van der Waals surface area contributed by atoms with Gasteiger partial charge in [-0.2, -0.15) is 5.26 Å². The molecule has 1 aromatic rings. The summed E-state index contributed by atoms with van der Waals surface area (Å²) in [4.78, 5) is 12.0. The van der Waals surface area contributed by atoms with Crippen molar-refractivity contribution in [2.45, 2.75) is 39.2 Å². The predicted octanol–water partition coefficient (Wildman–Crippen LogP) is 2.88. The van der Waals surface area contributed by atoms with Gasteiger partial charge in [-0.25, -0.2) is 0 Å². The van der Waals surface area contributed by atoms with Gasteiger partial charge < -0.3 is 10.1 Å². The van der Waals surface area contributed by atoms with Crippen molar-refractivity contribution in [1.29, 1.82) is 5.26 Å². The van der Waals surface area contributed by atoms with Gasteiger partial charge in [-0.15, -0.1) is 0 Å². The van der Waals surface area contributed by atoms with Gasteiger partial charge in [0.15, 0.2) is 6.61 Å². The summed E-state index contributed by atoms with van der Waals surface area (Å²) in [7, 11) is 0. The fourth-order valence-corrected chi connectivity index (χ4v) is 2.84. The average Bonchev–Trinajstić information content (AvgIpc) is 2.50. The molecule has 1 aliphatic carbocycles. The SMILES string of the molecule is C[C@@H]1[C@H](C)CCC[C@H]1NC(=O)COc1cccc(C#N)c1. The van der Waals surface area contributed by atoms with Crippen LogP contribution in [0.5, 0.6) is 5.75 Å². The van der Waals surface area contributed by atoms with Gasteiger partial charge in [-0.05, 0) is 36.5 Å². The number of nitrogens with zero attached hydrogens (tertiary/aromatic N) is 1. The molecule has 0 heterocycles. The number of nitrogens with one attached hydrogen (secondary N) is 1. The Hall–Kier alpha value is -2.02. The molecule has 112 valence electrons. The van der Waals surface area contributed by atoms with E-state index in [2.05, 4.69) is 25.2 Å². The van der Waals surface area contributed by atoms with Gasteiger partial charge >= 0.3 is 0 Å². The smallest absolute Gasteiger partial charge is 0.258 e. The lowest BCUT2D eigenvalue weighted by Gasteiger charge is -2.34. The molecule has 2 rings (SSSR count). The number of hydrogen-bond acceptors (Lipinski definition) is 3. The number of carbonyl (C=O) groups is 1. The summed E-state index contributed by atoms with van der Waals surface area (Å²) in [5, 5.41) is 11.9. The van der Waals surface area contributed by atoms with Crippen LogP contribution in [0.15, 0.2) is 24.3 Å². The van der Waals surface area contributed by atoms with E-state index in [1.165, 1.54) is 12.8 Å². The first-order valence-electron chi connectivity index (χ1n) is 7.52. The third-order valence-electron chi connectivity index (χ3n) is 4.39. The maximum absolute atomic E-state index is 12.0. The van der Waals surface area contributed by atoms with Crippen LogP contribution in [-0.2, 0) is 4.79 Å². The number of carbonyl (C=O) groups excluding carboxylic acids is 1. The van der Waals surface area contributed by atoms with Crippen molar-refractivity contribution in [3.63, 3.8) is 0 Å². The van der Waals surface area contributed by atoms with Crippen LogP contribution in [0, 0.1) is 23.2 Å². The van der Waals surface area contributed by atoms with Crippen LogP contribution < -0.4 is 10.1 Å². The molecule has 21 heavy (non-hydrogen) atoms. The number of rotatable bonds is 4. The summed E-state index contributed by atoms with van der Waals surface area (Å²) in [6, 6.07) is 9.14. The van der Waals surface area contributed by atoms with Gasteiger partial charge in [0.05, 0.1) is 11.6 Å². The van der Waals surface area contributed by atoms with E-state index < -0.39 is 0 Å². The van der Waals surface area contributed by atoms with E-state index in [0.29, 0.717) is 23.1 Å². The molecule has 0 saturated heterocycles. The fourth-order valence-electron chi connectivity index (χ4n) is 2.84. The summed E-state index contributed by atoms with van der Waals surface area (Å²) >= 11 is 0. The van der Waals surface area contributed by atoms with Crippen molar-refractivity contribution in [2.75, 3.05) is 6.61 Å². The van der Waals surface area contributed by atoms with Gasteiger partial charge in [0.2, 0.25) is 0 Å². The summed E-state index contributed by atoms with van der Waals surface area (Å²) in [6.45, 7) is 4.44. The molecular formula is C17H22N2O2. The van der Waals surface area contributed by atoms with Crippen LogP contribution in [0.4, 0.5) is 0 Å². The molecule has 0 bridgehead atoms. The minimum absolute atomic E-state index is 0.00746. The Morgan fingerprint density at radius 2 is 2.24 bits per heavy atom. The first-order chi connectivity index (χ1) is 10.1. The maximum Gasteiger partial charge on any atom is 0.258 e. The molecule has 1 saturated carbocycles. The number of amides is 1. The van der Waals surface area contributed by atoms with E-state index in [1.54, 1.807) is 24.3 Å². The molecule has 1 aromatic carbocycles. The number of ether oxygens (including phenoxy) is 1. The van der Waals surface area contributed by atoms with E-state index in [1.807, 2.05) is 0 Å². The molecule has 0 unspecified atom stereocenters. The minimum atomic E-state index is -0.0942. The van der Waals surface area contributed by atoms with E-state index in [4.69, 9.17) is 10.00 Å². The Morgan fingerprint density at radius 3 is 3.00 bits per heavy atom. The van der Waals surface area contributed by atoms with Crippen molar-refractivity contribution < 1.29 is 9.53 Å². The molecule has 3 atom stereocenters. The van der Waals surface area contributed by atoms with Gasteiger partial charge in [0.1, 0.15) is 5.75 Å². The highest BCUT2D eigenvalue weighted by Gasteiger charge is 2.28. The number of benzene rings is 1. The van der Waals surface area contributed by atoms with Gasteiger partial charge in [-0.3, -0.25) is 4.79 Å². The maximum atomic E-state index is 12.0. The van der Waals surface area contributed by atoms with Crippen LogP contribution in [0.3, 0.4) is 0 Å². The van der Waals surface area contributed by atoms with E-state index in [9.17, 15) is 4.79 Å². The van der Waals surface area contributed by atoms with Crippen LogP contribution in [0.25, 0.3) is 0 Å². The standard InChI is InChI=1S/C17H22N2O2/c1-12-5-3-8-16(13(12)2)19-17(20)11-21-15-7-4-6-14(9-15)10-18/h4,6-7,9,12-13,16H,3,5,8,11H2,1-2H3,(H,19,20)/t12-,13-,16-/m1/s1. The Kier molecular flexibility index (Phi) is 5.21. The van der Waals surface area contributed by atoms with Gasteiger partial charge in [0, 0.05) is 6.04 Å². The van der Waals surface area contributed by atoms with Crippen molar-refractivity contribution in [2.24, 2.45) is 11.8 Å². The van der Waals surface area contributed by atoms with E-state index >= 15 is 0 Å². The Bertz CT molecular complexity index is 536. The quantitative estimate of drug-likeness (QED) is 0.925. The lowest BCUT2D eigenvalue weighted by molar-refractivity contribution is -0.124. The minimum Gasteiger partial charge on any atom is -0.484 e. The second-order valence-electron chi connectivity index (χ2n) is 5.87. The molecule has 1 fully saturated rings. The van der Waals surface area contributed by atoms with Gasteiger partial charge in [0.25, 0.3) is 5.91 Å². The second kappa shape index (κ2) is 7.12. The van der Waals surface area contributed by atoms with Crippen molar-refractivity contribution in [1.82, 2.24) is 5.32 Å².